The number of aromatic nitrogens is 3. The van der Waals surface area contributed by atoms with Crippen molar-refractivity contribution in [3.8, 4) is 0 Å². The highest BCUT2D eigenvalue weighted by Gasteiger charge is 2.21. The first-order valence-electron chi connectivity index (χ1n) is 7.91. The largest absolute Gasteiger partial charge is 0.336 e. The fraction of sp³-hybridized carbons (Fsp3) is 0.412. The van der Waals surface area contributed by atoms with Crippen LogP contribution in [0.4, 0.5) is 0 Å². The lowest BCUT2D eigenvalue weighted by molar-refractivity contribution is 0.0754. The zero-order valence-electron chi connectivity index (χ0n) is 13.4. The summed E-state index contributed by atoms with van der Waals surface area (Å²) in [7, 11) is 0. The molecule has 6 nitrogen and oxygen atoms in total. The van der Waals surface area contributed by atoms with Gasteiger partial charge in [-0.3, -0.25) is 19.7 Å². The van der Waals surface area contributed by atoms with Crippen LogP contribution < -0.4 is 0 Å². The van der Waals surface area contributed by atoms with Crippen molar-refractivity contribution in [1.82, 2.24) is 24.8 Å². The van der Waals surface area contributed by atoms with Gasteiger partial charge in [0.15, 0.2) is 0 Å². The molecule has 0 radical (unpaired) electrons. The van der Waals surface area contributed by atoms with Crippen LogP contribution in [-0.2, 0) is 6.54 Å². The second-order valence-electron chi connectivity index (χ2n) is 5.82. The molecule has 1 saturated heterocycles. The maximum atomic E-state index is 12.5. The second-order valence-corrected chi connectivity index (χ2v) is 5.82. The highest BCUT2D eigenvalue weighted by Crippen LogP contribution is 2.10. The Bertz CT molecular complexity index is 644. The van der Waals surface area contributed by atoms with E-state index in [2.05, 4.69) is 19.9 Å². The fourth-order valence-corrected chi connectivity index (χ4v) is 2.74. The van der Waals surface area contributed by atoms with Crippen LogP contribution >= 0.6 is 0 Å². The molecule has 0 atom stereocenters. The van der Waals surface area contributed by atoms with E-state index in [0.29, 0.717) is 5.69 Å². The summed E-state index contributed by atoms with van der Waals surface area (Å²) in [5, 5.41) is 0. The smallest absolute Gasteiger partial charge is 0.274 e. The van der Waals surface area contributed by atoms with Gasteiger partial charge in [0.05, 0.1) is 11.9 Å². The zero-order valence-corrected chi connectivity index (χ0v) is 13.4. The number of nitrogens with zero attached hydrogens (tertiary/aromatic N) is 5. The average molecular weight is 311 g/mol. The van der Waals surface area contributed by atoms with Gasteiger partial charge in [-0.15, -0.1) is 0 Å². The fourth-order valence-electron chi connectivity index (χ4n) is 2.74. The molecule has 120 valence electrons. The summed E-state index contributed by atoms with van der Waals surface area (Å²) in [6.07, 6.45) is 7.81. The quantitative estimate of drug-likeness (QED) is 0.860. The number of aryl methyl sites for hydroxylation is 1. The first kappa shape index (κ1) is 15.6. The van der Waals surface area contributed by atoms with E-state index in [1.165, 1.54) is 5.56 Å². The van der Waals surface area contributed by atoms with E-state index in [4.69, 9.17) is 0 Å². The van der Waals surface area contributed by atoms with Crippen LogP contribution in [0.3, 0.4) is 0 Å². The highest BCUT2D eigenvalue weighted by atomic mass is 16.2. The van der Waals surface area contributed by atoms with Crippen LogP contribution in [0.1, 0.15) is 28.2 Å². The van der Waals surface area contributed by atoms with Crippen LogP contribution in [0, 0.1) is 6.92 Å². The predicted octanol–water partition coefficient (Wildman–Crippen LogP) is 1.53. The van der Waals surface area contributed by atoms with Crippen molar-refractivity contribution in [2.75, 3.05) is 26.2 Å². The SMILES string of the molecule is Cc1cnc(C(=O)N2CCCN(Cc3ccncc3)CC2)cn1. The summed E-state index contributed by atoms with van der Waals surface area (Å²) >= 11 is 0. The maximum Gasteiger partial charge on any atom is 0.274 e. The summed E-state index contributed by atoms with van der Waals surface area (Å²) in [5.74, 6) is -0.0248. The molecule has 0 saturated carbocycles. The van der Waals surface area contributed by atoms with Gasteiger partial charge in [0.25, 0.3) is 5.91 Å². The van der Waals surface area contributed by atoms with Crippen molar-refractivity contribution in [3.05, 3.63) is 53.9 Å². The van der Waals surface area contributed by atoms with Gasteiger partial charge in [-0.2, -0.15) is 0 Å². The van der Waals surface area contributed by atoms with Gasteiger partial charge >= 0.3 is 0 Å². The van der Waals surface area contributed by atoms with E-state index in [1.54, 1.807) is 12.4 Å². The molecule has 1 amide bonds. The van der Waals surface area contributed by atoms with Crippen LogP contribution in [-0.4, -0.2) is 56.8 Å². The summed E-state index contributed by atoms with van der Waals surface area (Å²) in [6.45, 7) is 6.11. The Morgan fingerprint density at radius 2 is 1.91 bits per heavy atom. The third-order valence-electron chi connectivity index (χ3n) is 4.03. The number of hydrogen-bond acceptors (Lipinski definition) is 5. The molecule has 6 heteroatoms. The third kappa shape index (κ3) is 4.10. The van der Waals surface area contributed by atoms with Gasteiger partial charge in [-0.25, -0.2) is 4.98 Å². The normalized spacial score (nSPS) is 16.1. The summed E-state index contributed by atoms with van der Waals surface area (Å²) in [4.78, 5) is 29.2. The van der Waals surface area contributed by atoms with Gasteiger partial charge in [0.2, 0.25) is 0 Å². The van der Waals surface area contributed by atoms with Crippen molar-refractivity contribution >= 4 is 5.91 Å². The second kappa shape index (κ2) is 7.28. The Hall–Kier alpha value is -2.34. The van der Waals surface area contributed by atoms with E-state index in [-0.39, 0.29) is 5.91 Å². The molecule has 0 aliphatic carbocycles. The minimum absolute atomic E-state index is 0.0248. The van der Waals surface area contributed by atoms with Crippen molar-refractivity contribution in [2.24, 2.45) is 0 Å². The van der Waals surface area contributed by atoms with Crippen molar-refractivity contribution < 1.29 is 4.79 Å². The Kier molecular flexibility index (Phi) is 4.92. The first-order valence-corrected chi connectivity index (χ1v) is 7.91. The zero-order chi connectivity index (χ0) is 16.1. The standard InChI is InChI=1S/C17H21N5O/c1-14-11-20-16(12-19-14)17(23)22-8-2-7-21(9-10-22)13-15-3-5-18-6-4-15/h3-6,11-12H,2,7-10,13H2,1H3. The molecule has 1 fully saturated rings. The number of amides is 1. The van der Waals surface area contributed by atoms with E-state index < -0.39 is 0 Å². The minimum Gasteiger partial charge on any atom is -0.336 e. The first-order chi connectivity index (χ1) is 11.2. The van der Waals surface area contributed by atoms with E-state index in [9.17, 15) is 4.79 Å². The Balaban J connectivity index is 1.59. The Morgan fingerprint density at radius 3 is 2.65 bits per heavy atom. The molecule has 2 aromatic rings. The molecule has 3 rings (SSSR count). The number of pyridine rings is 1. The summed E-state index contributed by atoms with van der Waals surface area (Å²) in [6, 6.07) is 4.07. The van der Waals surface area contributed by atoms with Crippen molar-refractivity contribution in [2.45, 2.75) is 19.9 Å². The van der Waals surface area contributed by atoms with Crippen molar-refractivity contribution in [1.29, 1.82) is 0 Å². The third-order valence-corrected chi connectivity index (χ3v) is 4.03. The molecule has 0 bridgehead atoms. The summed E-state index contributed by atoms with van der Waals surface area (Å²) in [5.41, 5.74) is 2.50. The predicted molar refractivity (Wildman–Crippen MR) is 86.8 cm³/mol. The average Bonchev–Trinajstić information content (AvgIpc) is 2.81. The van der Waals surface area contributed by atoms with Gasteiger partial charge in [-0.1, -0.05) is 0 Å². The van der Waals surface area contributed by atoms with E-state index in [0.717, 1.165) is 44.8 Å². The lowest BCUT2D eigenvalue weighted by Gasteiger charge is -2.21. The molecule has 0 N–H and O–H groups in total. The van der Waals surface area contributed by atoms with Crippen molar-refractivity contribution in [3.63, 3.8) is 0 Å². The van der Waals surface area contributed by atoms with Gasteiger partial charge in [0, 0.05) is 51.3 Å². The monoisotopic (exact) mass is 311 g/mol. The Labute approximate surface area is 136 Å². The molecule has 3 heterocycles. The lowest BCUT2D eigenvalue weighted by atomic mass is 10.2. The maximum absolute atomic E-state index is 12.5. The lowest BCUT2D eigenvalue weighted by Crippen LogP contribution is -2.35. The van der Waals surface area contributed by atoms with Crippen LogP contribution in [0.25, 0.3) is 0 Å². The van der Waals surface area contributed by atoms with E-state index >= 15 is 0 Å². The summed E-state index contributed by atoms with van der Waals surface area (Å²) < 4.78 is 0. The van der Waals surface area contributed by atoms with Crippen LogP contribution in [0.2, 0.25) is 0 Å². The molecule has 1 aliphatic heterocycles. The molecule has 2 aromatic heterocycles. The van der Waals surface area contributed by atoms with Gasteiger partial charge in [-0.05, 0) is 31.0 Å². The Morgan fingerprint density at radius 1 is 1.09 bits per heavy atom. The topological polar surface area (TPSA) is 62.2 Å². The molecule has 23 heavy (non-hydrogen) atoms. The molecule has 0 aromatic carbocycles. The molecular weight excluding hydrogens is 290 g/mol. The van der Waals surface area contributed by atoms with Crippen LogP contribution in [0.15, 0.2) is 36.9 Å². The highest BCUT2D eigenvalue weighted by molar-refractivity contribution is 5.92. The molecule has 0 spiro atoms. The van der Waals surface area contributed by atoms with E-state index in [1.807, 2.05) is 36.4 Å². The number of carbonyl (C=O) groups excluding carboxylic acids is 1. The van der Waals surface area contributed by atoms with Gasteiger partial charge in [0.1, 0.15) is 5.69 Å². The minimum atomic E-state index is -0.0248. The number of carbonyl (C=O) groups is 1. The molecule has 1 aliphatic rings. The number of hydrogen-bond donors (Lipinski definition) is 0. The van der Waals surface area contributed by atoms with Gasteiger partial charge < -0.3 is 4.90 Å². The number of rotatable bonds is 3. The van der Waals surface area contributed by atoms with Crippen LogP contribution in [0.5, 0.6) is 0 Å². The molecule has 0 unspecified atom stereocenters. The molecular formula is C17H21N5O.